The van der Waals surface area contributed by atoms with Crippen molar-refractivity contribution in [3.8, 4) is 0 Å². The predicted octanol–water partition coefficient (Wildman–Crippen LogP) is -5.55. The first-order valence-corrected chi connectivity index (χ1v) is 6.84. The average molecular weight is 342 g/mol. The fourth-order valence-electron chi connectivity index (χ4n) is 1.96. The van der Waals surface area contributed by atoms with Crippen molar-refractivity contribution >= 4 is 5.78 Å². The van der Waals surface area contributed by atoms with Crippen LogP contribution in [0.1, 0.15) is 0 Å². The van der Waals surface area contributed by atoms with Gasteiger partial charge in [-0.2, -0.15) is 0 Å². The molecule has 0 bridgehead atoms. The summed E-state index contributed by atoms with van der Waals surface area (Å²) in [6, 6.07) is 0. The number of hydrogen-bond acceptors (Lipinski definition) is 11. The Bertz CT molecular complexity index is 376. The molecule has 8 N–H and O–H groups in total. The van der Waals surface area contributed by atoms with Crippen molar-refractivity contribution in [2.24, 2.45) is 0 Å². The summed E-state index contributed by atoms with van der Waals surface area (Å²) in [6.45, 7) is -2.42. The van der Waals surface area contributed by atoms with E-state index in [0.29, 0.717) is 0 Å². The van der Waals surface area contributed by atoms with Crippen LogP contribution in [-0.4, -0.2) is 115 Å². The van der Waals surface area contributed by atoms with E-state index < -0.39 is 74.6 Å². The number of aliphatic hydroxyl groups is 8. The molecule has 0 aromatic heterocycles. The monoisotopic (exact) mass is 342 g/mol. The molecule has 1 aliphatic heterocycles. The Morgan fingerprint density at radius 2 is 1.65 bits per heavy atom. The Morgan fingerprint density at radius 3 is 2.17 bits per heavy atom. The van der Waals surface area contributed by atoms with Gasteiger partial charge in [0.1, 0.15) is 49.3 Å². The first kappa shape index (κ1) is 20.3. The summed E-state index contributed by atoms with van der Waals surface area (Å²) in [4.78, 5) is 11.6. The van der Waals surface area contributed by atoms with E-state index in [-0.39, 0.29) is 0 Å². The van der Waals surface area contributed by atoms with Crippen LogP contribution < -0.4 is 0 Å². The van der Waals surface area contributed by atoms with Gasteiger partial charge in [0, 0.05) is 0 Å². The third-order valence-corrected chi connectivity index (χ3v) is 3.47. The fraction of sp³-hybridized carbons (Fsp3) is 0.917. The van der Waals surface area contributed by atoms with Crippen molar-refractivity contribution in [2.45, 2.75) is 49.0 Å². The molecule has 1 fully saturated rings. The van der Waals surface area contributed by atoms with Crippen molar-refractivity contribution in [3.05, 3.63) is 0 Å². The van der Waals surface area contributed by atoms with Gasteiger partial charge in [-0.1, -0.05) is 0 Å². The highest BCUT2D eigenvalue weighted by Crippen LogP contribution is 2.22. The molecule has 0 saturated carbocycles. The van der Waals surface area contributed by atoms with Gasteiger partial charge in [-0.25, -0.2) is 0 Å². The molecular formula is C12H22O11. The van der Waals surface area contributed by atoms with Crippen LogP contribution in [0.25, 0.3) is 0 Å². The van der Waals surface area contributed by atoms with E-state index in [1.807, 2.05) is 0 Å². The van der Waals surface area contributed by atoms with Crippen molar-refractivity contribution in [1.82, 2.24) is 0 Å². The molecule has 8 atom stereocenters. The zero-order valence-corrected chi connectivity index (χ0v) is 12.0. The van der Waals surface area contributed by atoms with Gasteiger partial charge in [0.05, 0.1) is 13.2 Å². The molecule has 11 nitrogen and oxygen atoms in total. The second kappa shape index (κ2) is 8.94. The van der Waals surface area contributed by atoms with Crippen molar-refractivity contribution < 1.29 is 55.1 Å². The largest absolute Gasteiger partial charge is 0.394 e. The van der Waals surface area contributed by atoms with E-state index >= 15 is 0 Å². The van der Waals surface area contributed by atoms with Crippen molar-refractivity contribution in [2.75, 3.05) is 19.8 Å². The number of hydrogen-bond donors (Lipinski definition) is 8. The molecule has 0 spiro atoms. The van der Waals surface area contributed by atoms with Crippen molar-refractivity contribution in [1.29, 1.82) is 0 Å². The van der Waals surface area contributed by atoms with Crippen LogP contribution in [0.4, 0.5) is 0 Å². The third-order valence-electron chi connectivity index (χ3n) is 3.47. The van der Waals surface area contributed by atoms with Crippen LogP contribution in [-0.2, 0) is 14.3 Å². The van der Waals surface area contributed by atoms with Crippen LogP contribution in [0.3, 0.4) is 0 Å². The number of aliphatic hydroxyl groups excluding tert-OH is 8. The second-order valence-corrected chi connectivity index (χ2v) is 5.16. The Labute approximate surface area is 130 Å². The van der Waals surface area contributed by atoms with Gasteiger partial charge in [-0.3, -0.25) is 4.79 Å². The quantitative estimate of drug-likeness (QED) is 0.209. The maximum Gasteiger partial charge on any atom is 0.189 e. The summed E-state index contributed by atoms with van der Waals surface area (Å²) in [5.41, 5.74) is 0. The Kier molecular flexibility index (Phi) is 7.89. The number of carbonyl (C=O) groups excluding carboxylic acids is 1. The summed E-state index contributed by atoms with van der Waals surface area (Å²) in [5.74, 6) is -1.08. The lowest BCUT2D eigenvalue weighted by atomic mass is 9.99. The van der Waals surface area contributed by atoms with Gasteiger partial charge in [0.2, 0.25) is 0 Å². The Balaban J connectivity index is 2.57. The molecule has 0 aromatic rings. The number of ketones is 1. The lowest BCUT2D eigenvalue weighted by Crippen LogP contribution is -2.59. The van der Waals surface area contributed by atoms with Gasteiger partial charge in [-0.15, -0.1) is 0 Å². The molecule has 0 aliphatic carbocycles. The highest BCUT2D eigenvalue weighted by Gasteiger charge is 2.44. The van der Waals surface area contributed by atoms with Crippen LogP contribution in [0.5, 0.6) is 0 Å². The smallest absolute Gasteiger partial charge is 0.189 e. The standard InChI is InChI=1S/C12H22O11/c13-1-4(15)7(17)8(18)5(16)3-22-12-11(21)10(20)9(19)6(2-14)23-12/h4,6-15,17-21H,1-3H2/t4-,6-,7+,8+,9-,10+,11-,12?/m1/s1. The lowest BCUT2D eigenvalue weighted by Gasteiger charge is -2.39. The van der Waals surface area contributed by atoms with E-state index in [2.05, 4.69) is 0 Å². The van der Waals surface area contributed by atoms with Gasteiger partial charge in [0.25, 0.3) is 0 Å². The summed E-state index contributed by atoms with van der Waals surface area (Å²) in [5, 5.41) is 74.4. The average Bonchev–Trinajstić information content (AvgIpc) is 2.56. The van der Waals surface area contributed by atoms with Gasteiger partial charge < -0.3 is 50.3 Å². The number of carbonyl (C=O) groups is 1. The zero-order chi connectivity index (χ0) is 17.7. The van der Waals surface area contributed by atoms with Gasteiger partial charge in [-0.05, 0) is 0 Å². The van der Waals surface area contributed by atoms with E-state index in [1.54, 1.807) is 0 Å². The van der Waals surface area contributed by atoms with Crippen LogP contribution in [0.15, 0.2) is 0 Å². The maximum absolute atomic E-state index is 11.6. The summed E-state index contributed by atoms with van der Waals surface area (Å²) in [7, 11) is 0. The number of rotatable bonds is 8. The highest BCUT2D eigenvalue weighted by molar-refractivity contribution is 5.84. The lowest BCUT2D eigenvalue weighted by molar-refractivity contribution is -0.299. The summed E-state index contributed by atoms with van der Waals surface area (Å²) in [6.07, 6.45) is -13.5. The van der Waals surface area contributed by atoms with Gasteiger partial charge >= 0.3 is 0 Å². The molecule has 1 unspecified atom stereocenters. The van der Waals surface area contributed by atoms with E-state index in [9.17, 15) is 30.3 Å². The molecule has 1 aliphatic rings. The maximum atomic E-state index is 11.6. The van der Waals surface area contributed by atoms with Crippen LogP contribution in [0, 0.1) is 0 Å². The van der Waals surface area contributed by atoms with E-state index in [0.717, 1.165) is 0 Å². The SMILES string of the molecule is O=C(COC1O[C@H](CO)[C@@H](O)[C@H](O)[C@H]1O)[C@H](O)[C@@H](O)[C@H](O)CO. The number of Topliss-reactive ketones (excluding diaryl/α,β-unsaturated/α-hetero) is 1. The molecule has 23 heavy (non-hydrogen) atoms. The first-order chi connectivity index (χ1) is 10.7. The summed E-state index contributed by atoms with van der Waals surface area (Å²) >= 11 is 0. The molecule has 0 aromatic carbocycles. The molecule has 0 amide bonds. The molecule has 0 radical (unpaired) electrons. The van der Waals surface area contributed by atoms with Crippen LogP contribution >= 0.6 is 0 Å². The van der Waals surface area contributed by atoms with E-state index in [4.69, 9.17) is 24.8 Å². The predicted molar refractivity (Wildman–Crippen MR) is 69.8 cm³/mol. The van der Waals surface area contributed by atoms with Crippen molar-refractivity contribution in [3.63, 3.8) is 0 Å². The molecule has 1 heterocycles. The highest BCUT2D eigenvalue weighted by atomic mass is 16.7. The van der Waals surface area contributed by atoms with E-state index in [1.165, 1.54) is 0 Å². The van der Waals surface area contributed by atoms with Crippen LogP contribution in [0.2, 0.25) is 0 Å². The molecule has 11 heteroatoms. The number of ether oxygens (including phenoxy) is 2. The summed E-state index contributed by atoms with van der Waals surface area (Å²) < 4.78 is 9.85. The first-order valence-electron chi connectivity index (χ1n) is 6.84. The topological polar surface area (TPSA) is 197 Å². The molecule has 1 saturated heterocycles. The molecule has 136 valence electrons. The third kappa shape index (κ3) is 4.87. The second-order valence-electron chi connectivity index (χ2n) is 5.16. The van der Waals surface area contributed by atoms with Gasteiger partial charge in [0.15, 0.2) is 12.1 Å². The zero-order valence-electron chi connectivity index (χ0n) is 12.0. The fourth-order valence-corrected chi connectivity index (χ4v) is 1.96. The Morgan fingerprint density at radius 1 is 1.04 bits per heavy atom. The Hall–Kier alpha value is -0.730. The minimum Gasteiger partial charge on any atom is -0.394 e. The molecule has 1 rings (SSSR count). The molecular weight excluding hydrogens is 320 g/mol. The minimum atomic E-state index is -2.05. The minimum absolute atomic E-state index is 0.678. The normalized spacial score (nSPS) is 35.6.